The Morgan fingerprint density at radius 1 is 1.64 bits per heavy atom. The third-order valence-corrected chi connectivity index (χ3v) is 1.83. The molecule has 11 heavy (non-hydrogen) atoms. The van der Waals surface area contributed by atoms with Crippen molar-refractivity contribution in [3.63, 3.8) is 0 Å². The smallest absolute Gasteiger partial charge is 0.219 e. The van der Waals surface area contributed by atoms with Crippen LogP contribution in [0.25, 0.3) is 0 Å². The van der Waals surface area contributed by atoms with Gasteiger partial charge in [0.15, 0.2) is 6.17 Å². The lowest BCUT2D eigenvalue weighted by atomic mass is 10.1. The molecule has 3 N–H and O–H groups in total. The number of alkyl halides is 1. The van der Waals surface area contributed by atoms with Gasteiger partial charge in [0.05, 0.1) is 12.7 Å². The molecule has 0 radical (unpaired) electrons. The first-order chi connectivity index (χ1) is 5.01. The molecule has 0 aromatic heterocycles. The number of hydrogen-bond donors (Lipinski definition) is 3. The van der Waals surface area contributed by atoms with Gasteiger partial charge in [-0.25, -0.2) is 4.39 Å². The van der Waals surface area contributed by atoms with E-state index in [-0.39, 0.29) is 0 Å². The predicted octanol–water partition coefficient (Wildman–Crippen LogP) is -1.22. The SMILES string of the molecule is CC1O[C@](O)(CO)[C@@H](O)[C@@H]1F. The van der Waals surface area contributed by atoms with Crippen molar-refractivity contribution in [3.05, 3.63) is 0 Å². The number of hydrogen-bond acceptors (Lipinski definition) is 4. The molecule has 1 fully saturated rings. The molecular formula is C6H11FO4. The van der Waals surface area contributed by atoms with Crippen molar-refractivity contribution < 1.29 is 24.4 Å². The molecule has 0 amide bonds. The van der Waals surface area contributed by atoms with E-state index in [1.54, 1.807) is 0 Å². The van der Waals surface area contributed by atoms with Crippen LogP contribution in [0.3, 0.4) is 0 Å². The molecule has 0 aromatic rings. The van der Waals surface area contributed by atoms with Crippen LogP contribution in [0.2, 0.25) is 0 Å². The maximum atomic E-state index is 12.7. The first-order valence-electron chi connectivity index (χ1n) is 3.34. The highest BCUT2D eigenvalue weighted by Gasteiger charge is 2.52. The van der Waals surface area contributed by atoms with E-state index in [1.807, 2.05) is 0 Å². The van der Waals surface area contributed by atoms with E-state index < -0.39 is 30.8 Å². The number of ether oxygens (including phenoxy) is 1. The van der Waals surface area contributed by atoms with Gasteiger partial charge in [-0.1, -0.05) is 0 Å². The fourth-order valence-corrected chi connectivity index (χ4v) is 1.09. The topological polar surface area (TPSA) is 69.9 Å². The zero-order valence-corrected chi connectivity index (χ0v) is 6.07. The van der Waals surface area contributed by atoms with Gasteiger partial charge in [-0.3, -0.25) is 0 Å². The molecule has 4 nitrogen and oxygen atoms in total. The van der Waals surface area contributed by atoms with E-state index in [0.717, 1.165) is 0 Å². The zero-order chi connectivity index (χ0) is 8.65. The Hall–Kier alpha value is -0.230. The van der Waals surface area contributed by atoms with Crippen molar-refractivity contribution in [2.24, 2.45) is 0 Å². The Kier molecular flexibility index (Phi) is 2.15. The van der Waals surface area contributed by atoms with Crippen LogP contribution in [0.15, 0.2) is 0 Å². The average molecular weight is 166 g/mol. The monoisotopic (exact) mass is 166 g/mol. The maximum absolute atomic E-state index is 12.7. The average Bonchev–Trinajstić information content (AvgIpc) is 2.17. The largest absolute Gasteiger partial charge is 0.391 e. The second-order valence-corrected chi connectivity index (χ2v) is 2.72. The van der Waals surface area contributed by atoms with Crippen LogP contribution in [0.4, 0.5) is 4.39 Å². The molecular weight excluding hydrogens is 155 g/mol. The minimum absolute atomic E-state index is 0.807. The molecule has 0 aromatic carbocycles. The summed E-state index contributed by atoms with van der Waals surface area (Å²) in [5, 5.41) is 26.7. The minimum atomic E-state index is -2.13. The molecule has 1 heterocycles. The Morgan fingerprint density at radius 2 is 2.18 bits per heavy atom. The summed E-state index contributed by atoms with van der Waals surface area (Å²) in [6.45, 7) is 0.570. The molecule has 5 heteroatoms. The van der Waals surface area contributed by atoms with Gasteiger partial charge in [-0.2, -0.15) is 0 Å². The van der Waals surface area contributed by atoms with Crippen LogP contribution in [0.1, 0.15) is 6.92 Å². The fourth-order valence-electron chi connectivity index (χ4n) is 1.09. The van der Waals surface area contributed by atoms with Gasteiger partial charge >= 0.3 is 0 Å². The summed E-state index contributed by atoms with van der Waals surface area (Å²) in [6, 6.07) is 0. The highest BCUT2D eigenvalue weighted by molar-refractivity contribution is 4.93. The first kappa shape index (κ1) is 8.86. The molecule has 0 spiro atoms. The van der Waals surface area contributed by atoms with E-state index in [1.165, 1.54) is 6.92 Å². The molecule has 0 aliphatic carbocycles. The van der Waals surface area contributed by atoms with Gasteiger partial charge in [0.25, 0.3) is 0 Å². The van der Waals surface area contributed by atoms with Crippen LogP contribution < -0.4 is 0 Å². The van der Waals surface area contributed by atoms with Gasteiger partial charge in [-0.05, 0) is 6.92 Å². The summed E-state index contributed by atoms with van der Waals surface area (Å²) in [6.07, 6.45) is -4.20. The maximum Gasteiger partial charge on any atom is 0.219 e. The van der Waals surface area contributed by atoms with Gasteiger partial charge in [0, 0.05) is 0 Å². The van der Waals surface area contributed by atoms with Crippen molar-refractivity contribution in [1.82, 2.24) is 0 Å². The molecule has 1 saturated heterocycles. The van der Waals surface area contributed by atoms with E-state index in [2.05, 4.69) is 4.74 Å². The summed E-state index contributed by atoms with van der Waals surface area (Å²) in [7, 11) is 0. The third kappa shape index (κ3) is 1.24. The highest BCUT2D eigenvalue weighted by atomic mass is 19.1. The van der Waals surface area contributed by atoms with Crippen LogP contribution in [-0.4, -0.2) is 46.1 Å². The van der Waals surface area contributed by atoms with Crippen LogP contribution >= 0.6 is 0 Å². The van der Waals surface area contributed by atoms with Crippen LogP contribution in [0.5, 0.6) is 0 Å². The predicted molar refractivity (Wildman–Crippen MR) is 33.5 cm³/mol. The number of halogens is 1. The Morgan fingerprint density at radius 3 is 2.36 bits per heavy atom. The molecule has 4 atom stereocenters. The molecule has 1 aliphatic heterocycles. The lowest BCUT2D eigenvalue weighted by Gasteiger charge is -2.22. The highest BCUT2D eigenvalue weighted by Crippen LogP contribution is 2.30. The number of aliphatic hydroxyl groups is 3. The van der Waals surface area contributed by atoms with Gasteiger partial charge in [0.1, 0.15) is 6.10 Å². The number of aliphatic hydroxyl groups excluding tert-OH is 2. The lowest BCUT2D eigenvalue weighted by molar-refractivity contribution is -0.243. The van der Waals surface area contributed by atoms with Crippen LogP contribution in [-0.2, 0) is 4.74 Å². The second-order valence-electron chi connectivity index (χ2n) is 2.72. The molecule has 66 valence electrons. The Balaban J connectivity index is 2.73. The molecule has 1 rings (SSSR count). The molecule has 0 bridgehead atoms. The van der Waals surface area contributed by atoms with Crippen molar-refractivity contribution in [3.8, 4) is 0 Å². The van der Waals surface area contributed by atoms with E-state index in [0.29, 0.717) is 0 Å². The van der Waals surface area contributed by atoms with Gasteiger partial charge < -0.3 is 20.1 Å². The normalized spacial score (nSPS) is 51.5. The quantitative estimate of drug-likeness (QED) is 0.457. The summed E-state index contributed by atoms with van der Waals surface area (Å²) in [5.41, 5.74) is 0. The van der Waals surface area contributed by atoms with E-state index in [9.17, 15) is 4.39 Å². The zero-order valence-electron chi connectivity index (χ0n) is 6.07. The minimum Gasteiger partial charge on any atom is -0.391 e. The second kappa shape index (κ2) is 2.67. The van der Waals surface area contributed by atoms with E-state index >= 15 is 0 Å². The van der Waals surface area contributed by atoms with E-state index in [4.69, 9.17) is 15.3 Å². The Bertz CT molecular complexity index is 154. The summed E-state index contributed by atoms with van der Waals surface area (Å²) in [5.74, 6) is -2.13. The first-order valence-corrected chi connectivity index (χ1v) is 3.34. The fraction of sp³-hybridized carbons (Fsp3) is 1.00. The molecule has 0 saturated carbocycles. The third-order valence-electron chi connectivity index (χ3n) is 1.83. The molecule has 1 aliphatic rings. The van der Waals surface area contributed by atoms with Crippen molar-refractivity contribution in [2.75, 3.05) is 6.61 Å². The van der Waals surface area contributed by atoms with Crippen molar-refractivity contribution >= 4 is 0 Å². The summed E-state index contributed by atoms with van der Waals surface area (Å²) in [4.78, 5) is 0. The van der Waals surface area contributed by atoms with Gasteiger partial charge in [0.2, 0.25) is 5.79 Å². The standard InChI is InChI=1S/C6H11FO4/c1-3-4(7)5(9)6(10,2-8)11-3/h3-5,8-10H,2H2,1H3/t3?,4-,5+,6-/m1/s1. The number of rotatable bonds is 1. The molecule has 1 unspecified atom stereocenters. The van der Waals surface area contributed by atoms with Crippen molar-refractivity contribution in [2.45, 2.75) is 31.1 Å². The Labute approximate surface area is 63.2 Å². The van der Waals surface area contributed by atoms with Crippen LogP contribution in [0, 0.1) is 0 Å². The summed E-state index contributed by atoms with van der Waals surface area (Å²) >= 11 is 0. The van der Waals surface area contributed by atoms with Crippen molar-refractivity contribution in [1.29, 1.82) is 0 Å². The summed E-state index contributed by atoms with van der Waals surface area (Å²) < 4.78 is 17.3. The lowest BCUT2D eigenvalue weighted by Crippen LogP contribution is -2.45. The van der Waals surface area contributed by atoms with Gasteiger partial charge in [-0.15, -0.1) is 0 Å².